The fourth-order valence-corrected chi connectivity index (χ4v) is 2.68. The predicted molar refractivity (Wildman–Crippen MR) is 76.5 cm³/mol. The highest BCUT2D eigenvalue weighted by molar-refractivity contribution is 9.10. The maximum absolute atomic E-state index is 5.69. The zero-order chi connectivity index (χ0) is 13.2. The number of aromatic nitrogens is 4. The number of hydrogen-bond donors (Lipinski definition) is 0. The van der Waals surface area contributed by atoms with E-state index in [9.17, 15) is 0 Å². The fourth-order valence-electron chi connectivity index (χ4n) is 1.65. The van der Waals surface area contributed by atoms with Crippen molar-refractivity contribution < 1.29 is 4.74 Å². The molecule has 0 aliphatic rings. The van der Waals surface area contributed by atoms with Gasteiger partial charge in [-0.3, -0.25) is 0 Å². The van der Waals surface area contributed by atoms with Gasteiger partial charge in [-0.25, -0.2) is 0 Å². The molecule has 2 heterocycles. The maximum Gasteiger partial charge on any atom is 0.234 e. The zero-order valence-electron chi connectivity index (χ0n) is 10.2. The van der Waals surface area contributed by atoms with E-state index in [1.807, 2.05) is 31.2 Å². The van der Waals surface area contributed by atoms with Crippen molar-refractivity contribution in [3.05, 3.63) is 39.6 Å². The average molecular weight is 339 g/mol. The van der Waals surface area contributed by atoms with E-state index in [0.29, 0.717) is 6.61 Å². The monoisotopic (exact) mass is 338 g/mol. The van der Waals surface area contributed by atoms with Gasteiger partial charge in [0.2, 0.25) is 4.96 Å². The predicted octanol–water partition coefficient (Wildman–Crippen LogP) is 3.09. The van der Waals surface area contributed by atoms with Crippen molar-refractivity contribution >= 4 is 32.2 Å². The molecule has 0 spiro atoms. The molecule has 0 bridgehead atoms. The van der Waals surface area contributed by atoms with Crippen molar-refractivity contribution in [2.45, 2.75) is 20.0 Å². The zero-order valence-corrected chi connectivity index (χ0v) is 12.6. The third-order valence-corrected chi connectivity index (χ3v) is 3.99. The SMILES string of the molecule is CCc1nnc2sc(COc3ccc(Br)cc3)nn12. The molecule has 0 N–H and O–H groups in total. The summed E-state index contributed by atoms with van der Waals surface area (Å²) in [6, 6.07) is 7.73. The van der Waals surface area contributed by atoms with Crippen LogP contribution in [-0.2, 0) is 13.0 Å². The van der Waals surface area contributed by atoms with E-state index in [4.69, 9.17) is 4.74 Å². The van der Waals surface area contributed by atoms with Gasteiger partial charge in [0, 0.05) is 10.9 Å². The van der Waals surface area contributed by atoms with Crippen molar-refractivity contribution in [2.24, 2.45) is 0 Å². The second-order valence-corrected chi connectivity index (χ2v) is 5.86. The molecule has 0 radical (unpaired) electrons. The van der Waals surface area contributed by atoms with Crippen LogP contribution in [0.15, 0.2) is 28.7 Å². The molecule has 19 heavy (non-hydrogen) atoms. The van der Waals surface area contributed by atoms with Gasteiger partial charge in [-0.05, 0) is 24.3 Å². The number of ether oxygens (including phenoxy) is 1. The Bertz CT molecular complexity index is 691. The summed E-state index contributed by atoms with van der Waals surface area (Å²) in [5.41, 5.74) is 0. The molecule has 5 nitrogen and oxygen atoms in total. The quantitative estimate of drug-likeness (QED) is 0.733. The molecule has 0 fully saturated rings. The summed E-state index contributed by atoms with van der Waals surface area (Å²) in [4.78, 5) is 0.811. The summed E-state index contributed by atoms with van der Waals surface area (Å²) in [6.45, 7) is 2.48. The minimum atomic E-state index is 0.443. The van der Waals surface area contributed by atoms with Crippen LogP contribution in [0.2, 0.25) is 0 Å². The van der Waals surface area contributed by atoms with Crippen molar-refractivity contribution in [1.29, 1.82) is 0 Å². The van der Waals surface area contributed by atoms with Crippen LogP contribution in [0.1, 0.15) is 17.8 Å². The molecule has 3 rings (SSSR count). The minimum absolute atomic E-state index is 0.443. The molecule has 0 atom stereocenters. The second-order valence-electron chi connectivity index (χ2n) is 3.90. The molecule has 0 saturated heterocycles. The Morgan fingerprint density at radius 3 is 2.79 bits per heavy atom. The Morgan fingerprint density at radius 1 is 1.26 bits per heavy atom. The van der Waals surface area contributed by atoms with E-state index in [2.05, 4.69) is 31.2 Å². The van der Waals surface area contributed by atoms with Gasteiger partial charge in [0.1, 0.15) is 12.4 Å². The Morgan fingerprint density at radius 2 is 2.05 bits per heavy atom. The lowest BCUT2D eigenvalue weighted by Crippen LogP contribution is -1.98. The van der Waals surface area contributed by atoms with E-state index in [-0.39, 0.29) is 0 Å². The van der Waals surface area contributed by atoms with Gasteiger partial charge in [0.05, 0.1) is 0 Å². The molecule has 0 amide bonds. The first kappa shape index (κ1) is 12.6. The van der Waals surface area contributed by atoms with Gasteiger partial charge in [0.25, 0.3) is 0 Å². The van der Waals surface area contributed by atoms with Crippen molar-refractivity contribution in [3.8, 4) is 5.75 Å². The molecular formula is C12H11BrN4OS. The van der Waals surface area contributed by atoms with Gasteiger partial charge in [-0.2, -0.15) is 9.61 Å². The Balaban J connectivity index is 1.74. The van der Waals surface area contributed by atoms with E-state index in [0.717, 1.165) is 32.4 Å². The summed E-state index contributed by atoms with van der Waals surface area (Å²) in [6.07, 6.45) is 0.817. The third-order valence-electron chi connectivity index (χ3n) is 2.59. The number of rotatable bonds is 4. The molecule has 3 aromatic rings. The highest BCUT2D eigenvalue weighted by Crippen LogP contribution is 2.19. The number of hydrogen-bond acceptors (Lipinski definition) is 5. The van der Waals surface area contributed by atoms with Crippen LogP contribution in [0.25, 0.3) is 4.96 Å². The molecule has 1 aromatic carbocycles. The standard InChI is InChI=1S/C12H11BrN4OS/c1-2-10-14-15-12-17(10)16-11(19-12)7-18-9-5-3-8(13)4-6-9/h3-6H,2,7H2,1H3. The van der Waals surface area contributed by atoms with Crippen LogP contribution in [0, 0.1) is 0 Å². The van der Waals surface area contributed by atoms with E-state index >= 15 is 0 Å². The molecule has 0 unspecified atom stereocenters. The van der Waals surface area contributed by atoms with Crippen LogP contribution in [0.4, 0.5) is 0 Å². The molecule has 98 valence electrons. The first-order valence-electron chi connectivity index (χ1n) is 5.84. The molecule has 0 aliphatic heterocycles. The van der Waals surface area contributed by atoms with Crippen molar-refractivity contribution in [1.82, 2.24) is 19.8 Å². The van der Waals surface area contributed by atoms with Gasteiger partial charge in [-0.1, -0.05) is 34.2 Å². The second kappa shape index (κ2) is 5.26. The average Bonchev–Trinajstić information content (AvgIpc) is 2.97. The summed E-state index contributed by atoms with van der Waals surface area (Å²) in [7, 11) is 0. The maximum atomic E-state index is 5.69. The van der Waals surface area contributed by atoms with E-state index in [1.54, 1.807) is 4.52 Å². The van der Waals surface area contributed by atoms with Crippen LogP contribution < -0.4 is 4.74 Å². The lowest BCUT2D eigenvalue weighted by Gasteiger charge is -2.02. The van der Waals surface area contributed by atoms with Gasteiger partial charge >= 0.3 is 0 Å². The summed E-state index contributed by atoms with van der Waals surface area (Å²) >= 11 is 4.89. The van der Waals surface area contributed by atoms with Crippen LogP contribution >= 0.6 is 27.3 Å². The smallest absolute Gasteiger partial charge is 0.234 e. The lowest BCUT2D eigenvalue weighted by molar-refractivity contribution is 0.304. The van der Waals surface area contributed by atoms with Crippen LogP contribution in [-0.4, -0.2) is 19.8 Å². The van der Waals surface area contributed by atoms with E-state index < -0.39 is 0 Å². The molecule has 0 saturated carbocycles. The van der Waals surface area contributed by atoms with Crippen LogP contribution in [0.5, 0.6) is 5.75 Å². The first-order valence-corrected chi connectivity index (χ1v) is 7.45. The fraction of sp³-hybridized carbons (Fsp3) is 0.250. The summed E-state index contributed by atoms with van der Waals surface area (Å²) in [5.74, 6) is 1.70. The minimum Gasteiger partial charge on any atom is -0.486 e. The Hall–Kier alpha value is -1.47. The Kier molecular flexibility index (Phi) is 3.48. The van der Waals surface area contributed by atoms with Gasteiger partial charge in [-0.15, -0.1) is 10.2 Å². The summed E-state index contributed by atoms with van der Waals surface area (Å²) in [5, 5.41) is 13.5. The summed E-state index contributed by atoms with van der Waals surface area (Å²) < 4.78 is 8.50. The molecule has 2 aromatic heterocycles. The third kappa shape index (κ3) is 2.62. The van der Waals surface area contributed by atoms with Crippen molar-refractivity contribution in [2.75, 3.05) is 0 Å². The molecular weight excluding hydrogens is 328 g/mol. The number of nitrogens with zero attached hydrogens (tertiary/aromatic N) is 4. The van der Waals surface area contributed by atoms with Gasteiger partial charge in [0.15, 0.2) is 10.8 Å². The Labute approximate surface area is 122 Å². The normalized spacial score (nSPS) is 11.1. The van der Waals surface area contributed by atoms with Crippen molar-refractivity contribution in [3.63, 3.8) is 0 Å². The van der Waals surface area contributed by atoms with E-state index in [1.165, 1.54) is 11.3 Å². The number of aryl methyl sites for hydroxylation is 1. The molecule has 7 heteroatoms. The highest BCUT2D eigenvalue weighted by atomic mass is 79.9. The van der Waals surface area contributed by atoms with Gasteiger partial charge < -0.3 is 4.74 Å². The topological polar surface area (TPSA) is 52.3 Å². The first-order chi connectivity index (χ1) is 9.26. The molecule has 0 aliphatic carbocycles. The number of halogens is 1. The largest absolute Gasteiger partial charge is 0.486 e. The van der Waals surface area contributed by atoms with Crippen LogP contribution in [0.3, 0.4) is 0 Å². The highest BCUT2D eigenvalue weighted by Gasteiger charge is 2.10. The lowest BCUT2D eigenvalue weighted by atomic mass is 10.3. The number of fused-ring (bicyclic) bond motifs is 1. The number of benzene rings is 1.